The third-order valence-electron chi connectivity index (χ3n) is 3.34. The van der Waals surface area contributed by atoms with Gasteiger partial charge in [-0.2, -0.15) is 0 Å². The SMILES string of the molecule is CCC1C(=O)NC(C2CC2)C(=O)N1CC(F)F. The van der Waals surface area contributed by atoms with E-state index in [2.05, 4.69) is 5.32 Å². The van der Waals surface area contributed by atoms with E-state index in [0.29, 0.717) is 6.42 Å². The van der Waals surface area contributed by atoms with Gasteiger partial charge in [0.15, 0.2) is 0 Å². The lowest BCUT2D eigenvalue weighted by atomic mass is 10.0. The lowest BCUT2D eigenvalue weighted by Gasteiger charge is -2.38. The highest BCUT2D eigenvalue weighted by Gasteiger charge is 2.46. The monoisotopic (exact) mass is 246 g/mol. The Kier molecular flexibility index (Phi) is 3.31. The summed E-state index contributed by atoms with van der Waals surface area (Å²) in [6.45, 7) is 1.07. The molecule has 1 aliphatic carbocycles. The normalized spacial score (nSPS) is 29.8. The Morgan fingerprint density at radius 3 is 2.53 bits per heavy atom. The van der Waals surface area contributed by atoms with Crippen molar-refractivity contribution in [1.29, 1.82) is 0 Å². The van der Waals surface area contributed by atoms with Gasteiger partial charge in [0.1, 0.15) is 12.1 Å². The second-order valence-electron chi connectivity index (χ2n) is 4.63. The minimum Gasteiger partial charge on any atom is -0.342 e. The zero-order valence-corrected chi connectivity index (χ0v) is 9.66. The Morgan fingerprint density at radius 2 is 2.06 bits per heavy atom. The minimum absolute atomic E-state index is 0.143. The van der Waals surface area contributed by atoms with E-state index in [9.17, 15) is 18.4 Å². The lowest BCUT2D eigenvalue weighted by Crippen LogP contribution is -2.64. The van der Waals surface area contributed by atoms with Crippen molar-refractivity contribution in [2.45, 2.75) is 44.7 Å². The van der Waals surface area contributed by atoms with Crippen LogP contribution in [0.2, 0.25) is 0 Å². The zero-order chi connectivity index (χ0) is 12.6. The number of rotatable bonds is 4. The van der Waals surface area contributed by atoms with Crippen LogP contribution >= 0.6 is 0 Å². The molecule has 1 heterocycles. The number of carbonyl (C=O) groups is 2. The van der Waals surface area contributed by atoms with Crippen LogP contribution in [0.4, 0.5) is 8.78 Å². The van der Waals surface area contributed by atoms with Crippen LogP contribution in [0.15, 0.2) is 0 Å². The molecule has 1 saturated heterocycles. The highest BCUT2D eigenvalue weighted by molar-refractivity contribution is 5.97. The van der Waals surface area contributed by atoms with Crippen molar-refractivity contribution >= 4 is 11.8 Å². The fraction of sp³-hybridized carbons (Fsp3) is 0.818. The molecule has 6 heteroatoms. The van der Waals surface area contributed by atoms with E-state index < -0.39 is 25.1 Å². The average Bonchev–Trinajstić information content (AvgIpc) is 3.06. The maximum absolute atomic E-state index is 12.4. The van der Waals surface area contributed by atoms with Gasteiger partial charge in [0, 0.05) is 0 Å². The first-order chi connectivity index (χ1) is 8.04. The molecule has 0 bridgehead atoms. The van der Waals surface area contributed by atoms with Gasteiger partial charge in [0.2, 0.25) is 11.8 Å². The number of halogens is 2. The van der Waals surface area contributed by atoms with Gasteiger partial charge in [-0.25, -0.2) is 8.78 Å². The van der Waals surface area contributed by atoms with Crippen LogP contribution in [-0.4, -0.2) is 41.8 Å². The number of nitrogens with one attached hydrogen (secondary N) is 1. The van der Waals surface area contributed by atoms with Gasteiger partial charge in [-0.05, 0) is 25.2 Å². The number of amides is 2. The first kappa shape index (κ1) is 12.3. The molecule has 1 N–H and O–H groups in total. The standard InChI is InChI=1S/C11H16F2N2O2/c1-2-7-10(16)14-9(6-3-4-6)11(17)15(7)5-8(12)13/h6-9H,2-5H2,1H3,(H,14,16). The van der Waals surface area contributed by atoms with Gasteiger partial charge in [-0.3, -0.25) is 9.59 Å². The summed E-state index contributed by atoms with van der Waals surface area (Å²) in [7, 11) is 0. The van der Waals surface area contributed by atoms with Crippen molar-refractivity contribution in [3.8, 4) is 0 Å². The Balaban J connectivity index is 2.15. The number of hydrogen-bond acceptors (Lipinski definition) is 2. The summed E-state index contributed by atoms with van der Waals surface area (Å²) in [5.74, 6) is -0.506. The number of piperazine rings is 1. The third kappa shape index (κ3) is 2.40. The Bertz CT molecular complexity index is 331. The van der Waals surface area contributed by atoms with Gasteiger partial charge in [0.05, 0.1) is 6.54 Å². The zero-order valence-electron chi connectivity index (χ0n) is 9.66. The second kappa shape index (κ2) is 4.58. The number of hydrogen-bond donors (Lipinski definition) is 1. The topological polar surface area (TPSA) is 49.4 Å². The summed E-state index contributed by atoms with van der Waals surface area (Å²) in [5, 5.41) is 2.66. The van der Waals surface area contributed by atoms with Crippen molar-refractivity contribution < 1.29 is 18.4 Å². The van der Waals surface area contributed by atoms with E-state index in [1.54, 1.807) is 6.92 Å². The van der Waals surface area contributed by atoms with E-state index in [1.807, 2.05) is 0 Å². The molecule has 2 atom stereocenters. The quantitative estimate of drug-likeness (QED) is 0.796. The summed E-state index contributed by atoms with van der Waals surface area (Å²) in [5.41, 5.74) is 0. The predicted molar refractivity (Wildman–Crippen MR) is 56.5 cm³/mol. The molecule has 0 aromatic rings. The van der Waals surface area contributed by atoms with Crippen molar-refractivity contribution in [3.05, 3.63) is 0 Å². The molecule has 4 nitrogen and oxygen atoms in total. The van der Waals surface area contributed by atoms with Crippen LogP contribution in [0, 0.1) is 5.92 Å². The Hall–Kier alpha value is -1.20. The molecule has 0 radical (unpaired) electrons. The number of nitrogens with zero attached hydrogens (tertiary/aromatic N) is 1. The molecule has 17 heavy (non-hydrogen) atoms. The summed E-state index contributed by atoms with van der Waals surface area (Å²) >= 11 is 0. The molecule has 1 aliphatic heterocycles. The first-order valence-corrected chi connectivity index (χ1v) is 5.93. The first-order valence-electron chi connectivity index (χ1n) is 5.93. The third-order valence-corrected chi connectivity index (χ3v) is 3.34. The highest BCUT2D eigenvalue weighted by Crippen LogP contribution is 2.35. The van der Waals surface area contributed by atoms with E-state index in [-0.39, 0.29) is 17.7 Å². The van der Waals surface area contributed by atoms with Crippen LogP contribution in [0.1, 0.15) is 26.2 Å². The molecular formula is C11H16F2N2O2. The fourth-order valence-corrected chi connectivity index (χ4v) is 2.31. The molecule has 2 unspecified atom stereocenters. The van der Waals surface area contributed by atoms with Gasteiger partial charge in [-0.1, -0.05) is 6.92 Å². The maximum Gasteiger partial charge on any atom is 0.255 e. The van der Waals surface area contributed by atoms with Crippen LogP contribution < -0.4 is 5.32 Å². The summed E-state index contributed by atoms with van der Waals surface area (Å²) in [4.78, 5) is 24.8. The van der Waals surface area contributed by atoms with Crippen molar-refractivity contribution in [2.24, 2.45) is 5.92 Å². The van der Waals surface area contributed by atoms with Crippen LogP contribution in [0.3, 0.4) is 0 Å². The number of carbonyl (C=O) groups excluding carboxylic acids is 2. The van der Waals surface area contributed by atoms with Crippen LogP contribution in [0.25, 0.3) is 0 Å². The van der Waals surface area contributed by atoms with Gasteiger partial charge in [0.25, 0.3) is 6.43 Å². The van der Waals surface area contributed by atoms with Crippen molar-refractivity contribution in [3.63, 3.8) is 0 Å². The lowest BCUT2D eigenvalue weighted by molar-refractivity contribution is -0.152. The summed E-state index contributed by atoms with van der Waals surface area (Å²) in [6.07, 6.45) is -0.466. The minimum atomic E-state index is -2.60. The summed E-state index contributed by atoms with van der Waals surface area (Å²) in [6, 6.07) is -1.32. The van der Waals surface area contributed by atoms with Crippen molar-refractivity contribution in [2.75, 3.05) is 6.54 Å². The van der Waals surface area contributed by atoms with Gasteiger partial charge >= 0.3 is 0 Å². The van der Waals surface area contributed by atoms with E-state index in [0.717, 1.165) is 17.7 Å². The average molecular weight is 246 g/mol. The molecule has 2 amide bonds. The molecule has 0 aromatic heterocycles. The van der Waals surface area contributed by atoms with Crippen LogP contribution in [0.5, 0.6) is 0 Å². The van der Waals surface area contributed by atoms with E-state index >= 15 is 0 Å². The molecule has 0 aromatic carbocycles. The van der Waals surface area contributed by atoms with Crippen LogP contribution in [-0.2, 0) is 9.59 Å². The van der Waals surface area contributed by atoms with Gasteiger partial charge in [-0.15, -0.1) is 0 Å². The molecule has 1 saturated carbocycles. The molecular weight excluding hydrogens is 230 g/mol. The predicted octanol–water partition coefficient (Wildman–Crippen LogP) is 0.767. The Morgan fingerprint density at radius 1 is 1.41 bits per heavy atom. The molecule has 0 spiro atoms. The molecule has 2 aliphatic rings. The smallest absolute Gasteiger partial charge is 0.255 e. The fourth-order valence-electron chi connectivity index (χ4n) is 2.31. The number of alkyl halides is 2. The second-order valence-corrected chi connectivity index (χ2v) is 4.63. The molecule has 2 rings (SSSR count). The molecule has 96 valence electrons. The summed E-state index contributed by atoms with van der Waals surface area (Å²) < 4.78 is 24.9. The largest absolute Gasteiger partial charge is 0.342 e. The van der Waals surface area contributed by atoms with Crippen molar-refractivity contribution in [1.82, 2.24) is 10.2 Å². The Labute approximate surface area is 98.3 Å². The highest BCUT2D eigenvalue weighted by atomic mass is 19.3. The van der Waals surface area contributed by atoms with E-state index in [4.69, 9.17) is 0 Å². The maximum atomic E-state index is 12.4. The van der Waals surface area contributed by atoms with Gasteiger partial charge < -0.3 is 10.2 Å². The molecule has 2 fully saturated rings. The van der Waals surface area contributed by atoms with E-state index in [1.165, 1.54) is 0 Å².